The van der Waals surface area contributed by atoms with E-state index in [0.29, 0.717) is 22.3 Å². The average Bonchev–Trinajstić information content (AvgIpc) is 2.80. The van der Waals surface area contributed by atoms with Crippen LogP contribution in [0, 0.1) is 13.8 Å². The number of pyridine rings is 1. The topological polar surface area (TPSA) is 94.3 Å². The number of halogens is 1. The number of nitrogens with one attached hydrogen (secondary N) is 1. The third-order valence-corrected chi connectivity index (χ3v) is 3.09. The van der Waals surface area contributed by atoms with Crippen LogP contribution in [0.15, 0.2) is 22.9 Å². The molecule has 0 bridgehead atoms. The Kier molecular flexibility index (Phi) is 4.77. The molecule has 0 aliphatic rings. The van der Waals surface area contributed by atoms with Crippen LogP contribution >= 0.6 is 11.6 Å². The van der Waals surface area contributed by atoms with Crippen molar-refractivity contribution in [3.8, 4) is 0 Å². The molecule has 0 aliphatic heterocycles. The van der Waals surface area contributed by atoms with Crippen LogP contribution in [-0.4, -0.2) is 28.1 Å². The highest BCUT2D eigenvalue weighted by Crippen LogP contribution is 2.15. The standard InChI is InChI=1S/C14H14ClN3O4/c1-7-12(8(2)22-18-7)14(20)21-9(3)13(19)17-11-5-4-10(15)6-16-11/h4-6,9H,1-3H3,(H,16,17,19)/t9-/m0/s1. The molecule has 116 valence electrons. The number of nitrogens with zero attached hydrogens (tertiary/aromatic N) is 2. The van der Waals surface area contributed by atoms with E-state index in [-0.39, 0.29) is 5.56 Å². The predicted octanol–water partition coefficient (Wildman–Crippen LogP) is 2.52. The van der Waals surface area contributed by atoms with E-state index in [4.69, 9.17) is 20.9 Å². The fourth-order valence-electron chi connectivity index (χ4n) is 1.73. The molecule has 0 radical (unpaired) electrons. The fraction of sp³-hybridized carbons (Fsp3) is 0.286. The lowest BCUT2D eigenvalue weighted by atomic mass is 10.2. The van der Waals surface area contributed by atoms with Crippen molar-refractivity contribution >= 4 is 29.3 Å². The van der Waals surface area contributed by atoms with Gasteiger partial charge in [-0.25, -0.2) is 9.78 Å². The number of rotatable bonds is 4. The molecule has 0 unspecified atom stereocenters. The number of hydrogen-bond acceptors (Lipinski definition) is 6. The second-order valence-corrected chi connectivity index (χ2v) is 5.03. The number of carbonyl (C=O) groups excluding carboxylic acids is 2. The van der Waals surface area contributed by atoms with Crippen LogP contribution in [0.4, 0.5) is 5.82 Å². The first kappa shape index (κ1) is 16.0. The molecule has 2 aromatic heterocycles. The summed E-state index contributed by atoms with van der Waals surface area (Å²) in [5.74, 6) is -0.512. The second-order valence-electron chi connectivity index (χ2n) is 4.60. The number of esters is 1. The molecule has 7 nitrogen and oxygen atoms in total. The number of hydrogen-bond donors (Lipinski definition) is 1. The van der Waals surface area contributed by atoms with Gasteiger partial charge in [-0.3, -0.25) is 4.79 Å². The van der Waals surface area contributed by atoms with Gasteiger partial charge < -0.3 is 14.6 Å². The van der Waals surface area contributed by atoms with E-state index in [0.717, 1.165) is 0 Å². The van der Waals surface area contributed by atoms with Crippen LogP contribution < -0.4 is 5.32 Å². The molecule has 0 saturated heterocycles. The van der Waals surface area contributed by atoms with E-state index in [1.54, 1.807) is 26.0 Å². The zero-order valence-electron chi connectivity index (χ0n) is 12.2. The molecule has 2 heterocycles. The molecule has 1 atom stereocenters. The van der Waals surface area contributed by atoms with Gasteiger partial charge in [0.1, 0.15) is 17.1 Å². The first-order valence-electron chi connectivity index (χ1n) is 6.44. The SMILES string of the molecule is Cc1noc(C)c1C(=O)O[C@@H](C)C(=O)Nc1ccc(Cl)cn1. The molecular formula is C14H14ClN3O4. The first-order chi connectivity index (χ1) is 10.4. The van der Waals surface area contributed by atoms with Crippen molar-refractivity contribution in [2.24, 2.45) is 0 Å². The maximum Gasteiger partial charge on any atom is 0.344 e. The van der Waals surface area contributed by atoms with Gasteiger partial charge in [0.15, 0.2) is 6.10 Å². The van der Waals surface area contributed by atoms with Crippen molar-refractivity contribution in [3.63, 3.8) is 0 Å². The van der Waals surface area contributed by atoms with Crippen molar-refractivity contribution < 1.29 is 18.8 Å². The number of anilines is 1. The Morgan fingerprint density at radius 3 is 2.64 bits per heavy atom. The lowest BCUT2D eigenvalue weighted by molar-refractivity contribution is -0.123. The molecule has 8 heteroatoms. The third-order valence-electron chi connectivity index (χ3n) is 2.87. The van der Waals surface area contributed by atoms with Gasteiger partial charge in [0.05, 0.1) is 10.7 Å². The quantitative estimate of drug-likeness (QED) is 0.869. The van der Waals surface area contributed by atoms with Crippen molar-refractivity contribution in [3.05, 3.63) is 40.4 Å². The number of carbonyl (C=O) groups is 2. The van der Waals surface area contributed by atoms with E-state index < -0.39 is 18.0 Å². The second kappa shape index (κ2) is 6.57. The Morgan fingerprint density at radius 2 is 2.09 bits per heavy atom. The smallest absolute Gasteiger partial charge is 0.344 e. The summed E-state index contributed by atoms with van der Waals surface area (Å²) in [5, 5.41) is 6.64. The van der Waals surface area contributed by atoms with Crippen LogP contribution in [-0.2, 0) is 9.53 Å². The Morgan fingerprint density at radius 1 is 1.36 bits per heavy atom. The van der Waals surface area contributed by atoms with Crippen LogP contribution in [0.2, 0.25) is 5.02 Å². The highest BCUT2D eigenvalue weighted by atomic mass is 35.5. The van der Waals surface area contributed by atoms with Gasteiger partial charge in [0, 0.05) is 6.20 Å². The zero-order valence-corrected chi connectivity index (χ0v) is 13.0. The predicted molar refractivity (Wildman–Crippen MR) is 78.7 cm³/mol. The van der Waals surface area contributed by atoms with Crippen molar-refractivity contribution in [2.75, 3.05) is 5.32 Å². The van der Waals surface area contributed by atoms with Gasteiger partial charge in [0.2, 0.25) is 0 Å². The van der Waals surface area contributed by atoms with E-state index in [1.165, 1.54) is 13.1 Å². The Hall–Kier alpha value is -2.41. The lowest BCUT2D eigenvalue weighted by Crippen LogP contribution is -2.30. The molecule has 1 N–H and O–H groups in total. The lowest BCUT2D eigenvalue weighted by Gasteiger charge is -2.13. The largest absolute Gasteiger partial charge is 0.449 e. The van der Waals surface area contributed by atoms with E-state index in [2.05, 4.69) is 15.5 Å². The van der Waals surface area contributed by atoms with Gasteiger partial charge in [-0.1, -0.05) is 16.8 Å². The van der Waals surface area contributed by atoms with E-state index in [9.17, 15) is 9.59 Å². The number of ether oxygens (including phenoxy) is 1. The monoisotopic (exact) mass is 323 g/mol. The summed E-state index contributed by atoms with van der Waals surface area (Å²) >= 11 is 5.71. The van der Waals surface area contributed by atoms with Crippen molar-refractivity contribution in [1.29, 1.82) is 0 Å². The molecule has 2 aromatic rings. The van der Waals surface area contributed by atoms with Gasteiger partial charge >= 0.3 is 5.97 Å². The normalized spacial score (nSPS) is 11.8. The minimum atomic E-state index is -1.00. The highest BCUT2D eigenvalue weighted by Gasteiger charge is 2.24. The van der Waals surface area contributed by atoms with E-state index in [1.807, 2.05) is 0 Å². The van der Waals surface area contributed by atoms with Gasteiger partial charge in [-0.05, 0) is 32.9 Å². The van der Waals surface area contributed by atoms with Gasteiger partial charge in [-0.2, -0.15) is 0 Å². The molecule has 0 spiro atoms. The van der Waals surface area contributed by atoms with Gasteiger partial charge in [-0.15, -0.1) is 0 Å². The minimum Gasteiger partial charge on any atom is -0.449 e. The van der Waals surface area contributed by atoms with Crippen LogP contribution in [0.5, 0.6) is 0 Å². The molecule has 0 aliphatic carbocycles. The molecule has 22 heavy (non-hydrogen) atoms. The fourth-order valence-corrected chi connectivity index (χ4v) is 1.84. The van der Waals surface area contributed by atoms with Gasteiger partial charge in [0.25, 0.3) is 5.91 Å². The van der Waals surface area contributed by atoms with E-state index >= 15 is 0 Å². The third kappa shape index (κ3) is 3.62. The molecule has 2 rings (SSSR count). The van der Waals surface area contributed by atoms with Crippen molar-refractivity contribution in [2.45, 2.75) is 26.9 Å². The first-order valence-corrected chi connectivity index (χ1v) is 6.82. The molecule has 0 saturated carbocycles. The molecule has 1 amide bonds. The molecular weight excluding hydrogens is 310 g/mol. The highest BCUT2D eigenvalue weighted by molar-refractivity contribution is 6.30. The van der Waals surface area contributed by atoms with Crippen LogP contribution in [0.3, 0.4) is 0 Å². The summed E-state index contributed by atoms with van der Waals surface area (Å²) in [7, 11) is 0. The summed E-state index contributed by atoms with van der Waals surface area (Å²) in [6.07, 6.45) is 0.399. The molecule has 0 fully saturated rings. The Balaban J connectivity index is 1.99. The maximum absolute atomic E-state index is 12.0. The Labute approximate surface area is 131 Å². The number of aromatic nitrogens is 2. The van der Waals surface area contributed by atoms with Crippen LogP contribution in [0.25, 0.3) is 0 Å². The summed E-state index contributed by atoms with van der Waals surface area (Å²) in [6, 6.07) is 3.13. The number of amides is 1. The zero-order chi connectivity index (χ0) is 16.3. The van der Waals surface area contributed by atoms with Crippen molar-refractivity contribution in [1.82, 2.24) is 10.1 Å². The summed E-state index contributed by atoms with van der Waals surface area (Å²) in [4.78, 5) is 27.9. The average molecular weight is 324 g/mol. The summed E-state index contributed by atoms with van der Waals surface area (Å²) in [5.41, 5.74) is 0.638. The summed E-state index contributed by atoms with van der Waals surface area (Å²) < 4.78 is 10.0. The summed E-state index contributed by atoms with van der Waals surface area (Å²) in [6.45, 7) is 4.68. The Bertz CT molecular complexity index is 677. The van der Waals surface area contributed by atoms with Crippen LogP contribution in [0.1, 0.15) is 28.7 Å². The number of aryl methyl sites for hydroxylation is 2. The maximum atomic E-state index is 12.0. The minimum absolute atomic E-state index is 0.226. The molecule has 0 aromatic carbocycles.